The zero-order valence-corrected chi connectivity index (χ0v) is 12.1. The maximum Gasteiger partial charge on any atom is 0.306 e. The van der Waals surface area contributed by atoms with Crippen molar-refractivity contribution in [3.8, 4) is 11.3 Å². The summed E-state index contributed by atoms with van der Waals surface area (Å²) < 4.78 is 5.08. The van der Waals surface area contributed by atoms with E-state index in [9.17, 15) is 9.59 Å². The zero-order valence-electron chi connectivity index (χ0n) is 12.1. The van der Waals surface area contributed by atoms with E-state index >= 15 is 0 Å². The summed E-state index contributed by atoms with van der Waals surface area (Å²) in [6.07, 6.45) is 0.917. The highest BCUT2D eigenvalue weighted by molar-refractivity contribution is 5.92. The van der Waals surface area contributed by atoms with Crippen LogP contribution in [0.1, 0.15) is 29.0 Å². The summed E-state index contributed by atoms with van der Waals surface area (Å²) in [6, 6.07) is 9.24. The van der Waals surface area contributed by atoms with Gasteiger partial charge in [0.1, 0.15) is 5.69 Å². The normalized spacial score (nSPS) is 20.2. The van der Waals surface area contributed by atoms with Crippen molar-refractivity contribution in [3.63, 3.8) is 0 Å². The number of carbonyl (C=O) groups is 2. The summed E-state index contributed by atoms with van der Waals surface area (Å²) in [6.45, 7) is 1.99. The predicted octanol–water partition coefficient (Wildman–Crippen LogP) is 2.24. The monoisotopic (exact) mass is 300 g/mol. The van der Waals surface area contributed by atoms with E-state index in [0.29, 0.717) is 18.5 Å². The van der Waals surface area contributed by atoms with Crippen LogP contribution in [0.2, 0.25) is 0 Å². The number of aryl methyl sites for hydroxylation is 1. The Bertz CT molecular complexity index is 699. The summed E-state index contributed by atoms with van der Waals surface area (Å²) in [5.41, 5.74) is 2.62. The predicted molar refractivity (Wildman–Crippen MR) is 78.3 cm³/mol. The third kappa shape index (κ3) is 2.86. The Morgan fingerprint density at radius 1 is 1.27 bits per heavy atom. The molecule has 114 valence electrons. The van der Waals surface area contributed by atoms with Crippen molar-refractivity contribution in [2.75, 3.05) is 0 Å². The van der Waals surface area contributed by atoms with Crippen LogP contribution in [0.3, 0.4) is 0 Å². The molecule has 2 aromatic rings. The lowest BCUT2D eigenvalue weighted by Crippen LogP contribution is -2.46. The van der Waals surface area contributed by atoms with E-state index in [0.717, 1.165) is 11.1 Å². The summed E-state index contributed by atoms with van der Waals surface area (Å²) in [7, 11) is 0. The Hall–Kier alpha value is -2.63. The van der Waals surface area contributed by atoms with Crippen LogP contribution in [0.25, 0.3) is 11.3 Å². The van der Waals surface area contributed by atoms with E-state index in [4.69, 9.17) is 9.63 Å². The molecule has 1 aliphatic carbocycles. The number of hydrogen-bond acceptors (Lipinski definition) is 4. The maximum atomic E-state index is 12.0. The van der Waals surface area contributed by atoms with Crippen molar-refractivity contribution in [2.24, 2.45) is 5.92 Å². The second-order valence-corrected chi connectivity index (χ2v) is 5.62. The lowest BCUT2D eigenvalue weighted by molar-refractivity contribution is -0.145. The number of hydrogen-bond donors (Lipinski definition) is 2. The molecule has 0 unspecified atom stereocenters. The fraction of sp³-hybridized carbons (Fsp3) is 0.312. The van der Waals surface area contributed by atoms with Crippen LogP contribution in [-0.4, -0.2) is 28.2 Å². The molecule has 1 aromatic carbocycles. The van der Waals surface area contributed by atoms with Gasteiger partial charge in [0.15, 0.2) is 0 Å². The molecule has 0 spiro atoms. The third-order valence-electron chi connectivity index (χ3n) is 3.90. The van der Waals surface area contributed by atoms with E-state index in [2.05, 4.69) is 10.5 Å². The smallest absolute Gasteiger partial charge is 0.306 e. The van der Waals surface area contributed by atoms with E-state index in [1.54, 1.807) is 6.07 Å². The first-order chi connectivity index (χ1) is 10.5. The van der Waals surface area contributed by atoms with E-state index in [-0.39, 0.29) is 23.6 Å². The van der Waals surface area contributed by atoms with Gasteiger partial charge in [0.2, 0.25) is 5.76 Å². The van der Waals surface area contributed by atoms with E-state index in [1.807, 2.05) is 31.2 Å². The molecule has 0 bridgehead atoms. The molecule has 0 radical (unpaired) electrons. The Balaban J connectivity index is 1.63. The molecule has 1 heterocycles. The van der Waals surface area contributed by atoms with Gasteiger partial charge >= 0.3 is 5.97 Å². The standard InChI is InChI=1S/C16H16N2O4/c1-9-2-4-10(5-3-9)13-8-14(22-18-13)15(19)17-12-6-11(7-12)16(20)21/h2-5,8,11-12H,6-7H2,1H3,(H,17,19)(H,20,21). The van der Waals surface area contributed by atoms with Gasteiger partial charge in [0.05, 0.1) is 5.92 Å². The number of rotatable bonds is 4. The fourth-order valence-electron chi connectivity index (χ4n) is 2.44. The first-order valence-corrected chi connectivity index (χ1v) is 7.10. The minimum absolute atomic E-state index is 0.110. The Kier molecular flexibility index (Phi) is 3.66. The number of amides is 1. The van der Waals surface area contributed by atoms with Gasteiger partial charge in [-0.25, -0.2) is 0 Å². The molecule has 2 N–H and O–H groups in total. The van der Waals surface area contributed by atoms with Crippen LogP contribution < -0.4 is 5.32 Å². The van der Waals surface area contributed by atoms with Gasteiger partial charge in [-0.15, -0.1) is 0 Å². The number of nitrogens with zero attached hydrogens (tertiary/aromatic N) is 1. The zero-order chi connectivity index (χ0) is 15.7. The average molecular weight is 300 g/mol. The molecule has 22 heavy (non-hydrogen) atoms. The molecule has 1 fully saturated rings. The van der Waals surface area contributed by atoms with Gasteiger partial charge in [-0.05, 0) is 19.8 Å². The molecule has 1 aliphatic rings. The number of benzene rings is 1. The number of carboxylic acids is 1. The molecule has 3 rings (SSSR count). The van der Waals surface area contributed by atoms with Gasteiger partial charge in [-0.1, -0.05) is 35.0 Å². The van der Waals surface area contributed by atoms with E-state index in [1.165, 1.54) is 0 Å². The van der Waals surface area contributed by atoms with Crippen molar-refractivity contribution in [3.05, 3.63) is 41.7 Å². The molecule has 1 saturated carbocycles. The van der Waals surface area contributed by atoms with Crippen molar-refractivity contribution >= 4 is 11.9 Å². The van der Waals surface area contributed by atoms with Crippen LogP contribution in [0.15, 0.2) is 34.9 Å². The molecular weight excluding hydrogens is 284 g/mol. The molecule has 1 aromatic heterocycles. The van der Waals surface area contributed by atoms with Crippen molar-refractivity contribution < 1.29 is 19.2 Å². The molecular formula is C16H16N2O4. The second-order valence-electron chi connectivity index (χ2n) is 5.62. The average Bonchev–Trinajstić information content (AvgIpc) is 2.92. The first kappa shape index (κ1) is 14.3. The molecule has 1 amide bonds. The molecule has 0 saturated heterocycles. The summed E-state index contributed by atoms with van der Waals surface area (Å²) >= 11 is 0. The van der Waals surface area contributed by atoms with Gasteiger partial charge in [-0.2, -0.15) is 0 Å². The van der Waals surface area contributed by atoms with Gasteiger partial charge in [-0.3, -0.25) is 9.59 Å². The largest absolute Gasteiger partial charge is 0.481 e. The minimum atomic E-state index is -0.813. The number of aromatic nitrogens is 1. The minimum Gasteiger partial charge on any atom is -0.481 e. The highest BCUT2D eigenvalue weighted by Crippen LogP contribution is 2.28. The van der Waals surface area contributed by atoms with Gasteiger partial charge < -0.3 is 14.9 Å². The highest BCUT2D eigenvalue weighted by atomic mass is 16.5. The van der Waals surface area contributed by atoms with Gasteiger partial charge in [0.25, 0.3) is 5.91 Å². The van der Waals surface area contributed by atoms with Crippen LogP contribution >= 0.6 is 0 Å². The second kappa shape index (κ2) is 5.63. The lowest BCUT2D eigenvalue weighted by Gasteiger charge is -2.32. The summed E-state index contributed by atoms with van der Waals surface area (Å²) in [4.78, 5) is 22.8. The number of carboxylic acid groups (broad SMARTS) is 1. The molecule has 0 atom stereocenters. The Labute approximate surface area is 127 Å². The van der Waals surface area contributed by atoms with Crippen molar-refractivity contribution in [1.29, 1.82) is 0 Å². The van der Waals surface area contributed by atoms with Crippen molar-refractivity contribution in [1.82, 2.24) is 10.5 Å². The first-order valence-electron chi connectivity index (χ1n) is 7.10. The molecule has 6 heteroatoms. The Morgan fingerprint density at radius 3 is 2.59 bits per heavy atom. The highest BCUT2D eigenvalue weighted by Gasteiger charge is 2.35. The third-order valence-corrected chi connectivity index (χ3v) is 3.90. The van der Waals surface area contributed by atoms with Crippen molar-refractivity contribution in [2.45, 2.75) is 25.8 Å². The number of nitrogens with one attached hydrogen (secondary N) is 1. The lowest BCUT2D eigenvalue weighted by atomic mass is 9.80. The SMILES string of the molecule is Cc1ccc(-c2cc(C(=O)NC3CC(C(=O)O)C3)on2)cc1. The van der Waals surface area contributed by atoms with Crippen LogP contribution in [0.4, 0.5) is 0 Å². The molecule has 6 nitrogen and oxygen atoms in total. The fourth-order valence-corrected chi connectivity index (χ4v) is 2.44. The number of carbonyl (C=O) groups excluding carboxylic acids is 1. The van der Waals surface area contributed by atoms with E-state index < -0.39 is 5.97 Å². The Morgan fingerprint density at radius 2 is 1.95 bits per heavy atom. The van der Waals surface area contributed by atoms with Gasteiger partial charge in [0, 0.05) is 17.7 Å². The van der Waals surface area contributed by atoms with Crippen LogP contribution in [0, 0.1) is 12.8 Å². The summed E-state index contributed by atoms with van der Waals surface area (Å²) in [5, 5.41) is 15.5. The number of aliphatic carboxylic acids is 1. The topological polar surface area (TPSA) is 92.4 Å². The van der Waals surface area contributed by atoms with Crippen LogP contribution in [-0.2, 0) is 4.79 Å². The maximum absolute atomic E-state index is 12.0. The summed E-state index contributed by atoms with van der Waals surface area (Å²) in [5.74, 6) is -1.40. The van der Waals surface area contributed by atoms with Crippen LogP contribution in [0.5, 0.6) is 0 Å². The molecule has 0 aliphatic heterocycles. The quantitative estimate of drug-likeness (QED) is 0.903.